The van der Waals surface area contributed by atoms with E-state index in [1.165, 1.54) is 11.3 Å². The Hall–Kier alpha value is -2.14. The van der Waals surface area contributed by atoms with Gasteiger partial charge in [-0.15, -0.1) is 11.3 Å². The summed E-state index contributed by atoms with van der Waals surface area (Å²) in [6.07, 6.45) is 0. The van der Waals surface area contributed by atoms with Gasteiger partial charge in [-0.05, 0) is 19.9 Å². The summed E-state index contributed by atoms with van der Waals surface area (Å²) >= 11 is 1.41. The first-order chi connectivity index (χ1) is 9.15. The maximum absolute atomic E-state index is 12.3. The maximum atomic E-state index is 12.3. The molecule has 0 saturated heterocycles. The molecule has 1 aromatic carbocycles. The smallest absolute Gasteiger partial charge is 0.261 e. The van der Waals surface area contributed by atoms with E-state index < -0.39 is 0 Å². The van der Waals surface area contributed by atoms with Gasteiger partial charge in [0, 0.05) is 10.8 Å². The highest BCUT2D eigenvalue weighted by molar-refractivity contribution is 7.13. The van der Waals surface area contributed by atoms with E-state index in [4.69, 9.17) is 4.42 Å². The number of aromatic nitrogens is 1. The van der Waals surface area contributed by atoms with Crippen LogP contribution in [0.1, 0.15) is 21.8 Å². The molecule has 0 atom stereocenters. The third-order valence-electron chi connectivity index (χ3n) is 2.84. The molecule has 0 saturated carbocycles. The maximum Gasteiger partial charge on any atom is 0.261 e. The summed E-state index contributed by atoms with van der Waals surface area (Å²) in [5.74, 6) is 0.434. The lowest BCUT2D eigenvalue weighted by atomic mass is 10.1. The van der Waals surface area contributed by atoms with Gasteiger partial charge < -0.3 is 4.42 Å². The van der Waals surface area contributed by atoms with Crippen molar-refractivity contribution in [3.05, 3.63) is 46.7 Å². The Morgan fingerprint density at radius 1 is 1.32 bits per heavy atom. The minimum absolute atomic E-state index is 0.184. The Balaban J connectivity index is 1.99. The lowest BCUT2D eigenvalue weighted by Crippen LogP contribution is -2.12. The van der Waals surface area contributed by atoms with Crippen LogP contribution in [0.4, 0.5) is 5.13 Å². The van der Waals surface area contributed by atoms with Crippen molar-refractivity contribution in [2.24, 2.45) is 0 Å². The first kappa shape index (κ1) is 11.9. The number of para-hydroxylation sites is 1. The van der Waals surface area contributed by atoms with Crippen molar-refractivity contribution in [1.29, 1.82) is 0 Å². The summed E-state index contributed by atoms with van der Waals surface area (Å²) in [7, 11) is 0. The van der Waals surface area contributed by atoms with Gasteiger partial charge in [0.15, 0.2) is 5.13 Å². The zero-order valence-electron chi connectivity index (χ0n) is 10.6. The minimum atomic E-state index is -0.184. The van der Waals surface area contributed by atoms with Crippen molar-refractivity contribution in [2.75, 3.05) is 5.32 Å². The second kappa shape index (κ2) is 4.51. The van der Waals surface area contributed by atoms with Gasteiger partial charge in [-0.1, -0.05) is 18.2 Å². The number of furan rings is 1. The normalized spacial score (nSPS) is 10.8. The zero-order chi connectivity index (χ0) is 13.4. The number of thiazole rings is 1. The Labute approximate surface area is 114 Å². The summed E-state index contributed by atoms with van der Waals surface area (Å²) in [5, 5.41) is 6.13. The van der Waals surface area contributed by atoms with Gasteiger partial charge >= 0.3 is 0 Å². The highest BCUT2D eigenvalue weighted by Gasteiger charge is 2.18. The van der Waals surface area contributed by atoms with Crippen molar-refractivity contribution in [3.8, 4) is 0 Å². The molecule has 0 unspecified atom stereocenters. The van der Waals surface area contributed by atoms with Crippen LogP contribution in [0, 0.1) is 13.8 Å². The fourth-order valence-corrected chi connectivity index (χ4v) is 2.70. The Kier molecular flexibility index (Phi) is 2.83. The molecule has 0 aliphatic rings. The highest BCUT2D eigenvalue weighted by Crippen LogP contribution is 2.26. The lowest BCUT2D eigenvalue weighted by molar-refractivity contribution is 0.102. The summed E-state index contributed by atoms with van der Waals surface area (Å²) in [5.41, 5.74) is 2.19. The van der Waals surface area contributed by atoms with Crippen molar-refractivity contribution in [1.82, 2.24) is 4.98 Å². The number of amides is 1. The lowest BCUT2D eigenvalue weighted by Gasteiger charge is -2.00. The van der Waals surface area contributed by atoms with E-state index in [0.717, 1.165) is 16.7 Å². The molecular formula is C14H12N2O2S. The number of nitrogens with zero attached hydrogens (tertiary/aromatic N) is 1. The van der Waals surface area contributed by atoms with E-state index in [-0.39, 0.29) is 5.91 Å². The average molecular weight is 272 g/mol. The first-order valence-electron chi connectivity index (χ1n) is 5.87. The van der Waals surface area contributed by atoms with Gasteiger partial charge in [0.2, 0.25) is 0 Å². The average Bonchev–Trinajstić information content (AvgIpc) is 2.91. The monoisotopic (exact) mass is 272 g/mol. The van der Waals surface area contributed by atoms with E-state index in [1.54, 1.807) is 6.92 Å². The molecule has 1 N–H and O–H groups in total. The van der Waals surface area contributed by atoms with Gasteiger partial charge in [-0.25, -0.2) is 4.98 Å². The molecule has 1 amide bonds. The van der Waals surface area contributed by atoms with Gasteiger partial charge in [-0.3, -0.25) is 10.1 Å². The number of anilines is 1. The van der Waals surface area contributed by atoms with Crippen molar-refractivity contribution < 1.29 is 9.21 Å². The third-order valence-corrected chi connectivity index (χ3v) is 3.71. The van der Waals surface area contributed by atoms with Crippen LogP contribution in [0.2, 0.25) is 0 Å². The molecular weight excluding hydrogens is 260 g/mol. The SMILES string of the molecule is Cc1csc(NC(=O)c2c(C)oc3ccccc23)n1. The van der Waals surface area contributed by atoms with Crippen LogP contribution in [0.15, 0.2) is 34.1 Å². The largest absolute Gasteiger partial charge is 0.461 e. The molecule has 0 fully saturated rings. The van der Waals surface area contributed by atoms with Crippen molar-refractivity contribution >= 4 is 33.3 Å². The zero-order valence-corrected chi connectivity index (χ0v) is 11.4. The molecule has 19 heavy (non-hydrogen) atoms. The van der Waals surface area contributed by atoms with Crippen molar-refractivity contribution in [3.63, 3.8) is 0 Å². The predicted octanol–water partition coefficient (Wildman–Crippen LogP) is 3.76. The predicted molar refractivity (Wildman–Crippen MR) is 75.8 cm³/mol. The Morgan fingerprint density at radius 2 is 2.11 bits per heavy atom. The van der Waals surface area contributed by atoms with Crippen LogP contribution in [-0.2, 0) is 0 Å². The van der Waals surface area contributed by atoms with Crippen LogP contribution in [-0.4, -0.2) is 10.9 Å². The van der Waals surface area contributed by atoms with Crippen LogP contribution in [0.5, 0.6) is 0 Å². The van der Waals surface area contributed by atoms with E-state index >= 15 is 0 Å². The number of aryl methyl sites for hydroxylation is 2. The van der Waals surface area contributed by atoms with Crippen LogP contribution in [0.25, 0.3) is 11.0 Å². The second-order valence-electron chi connectivity index (χ2n) is 4.28. The summed E-state index contributed by atoms with van der Waals surface area (Å²) < 4.78 is 5.59. The molecule has 0 radical (unpaired) electrons. The van der Waals surface area contributed by atoms with E-state index in [0.29, 0.717) is 16.5 Å². The van der Waals surface area contributed by atoms with E-state index in [2.05, 4.69) is 10.3 Å². The quantitative estimate of drug-likeness (QED) is 0.772. The summed E-state index contributed by atoms with van der Waals surface area (Å²) in [6.45, 7) is 3.69. The van der Waals surface area contributed by atoms with Gasteiger partial charge in [0.25, 0.3) is 5.91 Å². The number of benzene rings is 1. The molecule has 4 nitrogen and oxygen atoms in total. The fraction of sp³-hybridized carbons (Fsp3) is 0.143. The fourth-order valence-electron chi connectivity index (χ4n) is 2.02. The van der Waals surface area contributed by atoms with Crippen molar-refractivity contribution in [2.45, 2.75) is 13.8 Å². The van der Waals surface area contributed by atoms with Gasteiger partial charge in [0.1, 0.15) is 11.3 Å². The molecule has 0 bridgehead atoms. The molecule has 3 aromatic rings. The standard InChI is InChI=1S/C14H12N2O2S/c1-8-7-19-14(15-8)16-13(17)12-9(2)18-11-6-4-3-5-10(11)12/h3-7H,1-2H3,(H,15,16,17). The number of hydrogen-bond acceptors (Lipinski definition) is 4. The van der Waals surface area contributed by atoms with Crippen LogP contribution < -0.4 is 5.32 Å². The second-order valence-corrected chi connectivity index (χ2v) is 5.14. The molecule has 3 rings (SSSR count). The Morgan fingerprint density at radius 3 is 2.84 bits per heavy atom. The summed E-state index contributed by atoms with van der Waals surface area (Å²) in [6, 6.07) is 7.51. The van der Waals surface area contributed by atoms with Gasteiger partial charge in [0.05, 0.1) is 11.3 Å². The van der Waals surface area contributed by atoms with Crippen LogP contribution >= 0.6 is 11.3 Å². The number of carbonyl (C=O) groups excluding carboxylic acids is 1. The molecule has 2 aromatic heterocycles. The molecule has 0 spiro atoms. The molecule has 5 heteroatoms. The van der Waals surface area contributed by atoms with E-state index in [9.17, 15) is 4.79 Å². The number of hydrogen-bond donors (Lipinski definition) is 1. The molecule has 2 heterocycles. The molecule has 0 aliphatic heterocycles. The van der Waals surface area contributed by atoms with Crippen LogP contribution in [0.3, 0.4) is 0 Å². The number of rotatable bonds is 2. The third kappa shape index (κ3) is 2.13. The van der Waals surface area contributed by atoms with Gasteiger partial charge in [-0.2, -0.15) is 0 Å². The minimum Gasteiger partial charge on any atom is -0.461 e. The molecule has 0 aliphatic carbocycles. The number of carbonyl (C=O) groups is 1. The summed E-state index contributed by atoms with van der Waals surface area (Å²) in [4.78, 5) is 16.5. The Bertz CT molecular complexity index is 758. The first-order valence-corrected chi connectivity index (χ1v) is 6.75. The number of fused-ring (bicyclic) bond motifs is 1. The topological polar surface area (TPSA) is 55.1 Å². The van der Waals surface area contributed by atoms with E-state index in [1.807, 2.05) is 36.6 Å². The highest BCUT2D eigenvalue weighted by atomic mass is 32.1. The molecule has 96 valence electrons. The number of nitrogens with one attached hydrogen (secondary N) is 1.